The Hall–Kier alpha value is -2.45. The molecule has 0 bridgehead atoms. The van der Waals surface area contributed by atoms with E-state index in [1.807, 2.05) is 37.4 Å². The molecular formula is C21H27N3O4S. The second-order valence-electron chi connectivity index (χ2n) is 6.80. The molecule has 0 radical (unpaired) electrons. The van der Waals surface area contributed by atoms with E-state index < -0.39 is 6.10 Å². The minimum atomic E-state index is -0.627. The normalized spacial score (nSPS) is 15.8. The number of anilines is 1. The Kier molecular flexibility index (Phi) is 6.87. The van der Waals surface area contributed by atoms with Gasteiger partial charge in [-0.1, -0.05) is 0 Å². The van der Waals surface area contributed by atoms with Gasteiger partial charge in [-0.25, -0.2) is 4.98 Å². The van der Waals surface area contributed by atoms with Crippen LogP contribution in [0.2, 0.25) is 0 Å². The van der Waals surface area contributed by atoms with Crippen molar-refractivity contribution in [3.05, 3.63) is 28.6 Å². The van der Waals surface area contributed by atoms with Crippen molar-refractivity contribution in [3.63, 3.8) is 0 Å². The maximum atomic E-state index is 12.8. The van der Waals surface area contributed by atoms with Crippen LogP contribution in [0.5, 0.6) is 5.75 Å². The molecule has 1 aromatic carbocycles. The van der Waals surface area contributed by atoms with Crippen LogP contribution in [-0.2, 0) is 20.7 Å². The number of thiazole rings is 1. The van der Waals surface area contributed by atoms with Crippen LogP contribution < -0.4 is 9.64 Å². The Morgan fingerprint density at radius 2 is 2.10 bits per heavy atom. The number of carbonyl (C=O) groups excluding carboxylic acids is 2. The van der Waals surface area contributed by atoms with Crippen molar-refractivity contribution < 1.29 is 19.1 Å². The summed E-state index contributed by atoms with van der Waals surface area (Å²) in [6.07, 6.45) is 0.133. The lowest BCUT2D eigenvalue weighted by Gasteiger charge is -2.34. The first-order valence-electron chi connectivity index (χ1n) is 9.82. The molecular weight excluding hydrogens is 390 g/mol. The van der Waals surface area contributed by atoms with Crippen LogP contribution in [0.3, 0.4) is 0 Å². The summed E-state index contributed by atoms with van der Waals surface area (Å²) in [4.78, 5) is 33.4. The number of ether oxygens (including phenoxy) is 2. The fourth-order valence-corrected chi connectivity index (χ4v) is 4.08. The highest BCUT2D eigenvalue weighted by Crippen LogP contribution is 2.37. The highest BCUT2D eigenvalue weighted by atomic mass is 32.1. The molecule has 2 aromatic rings. The van der Waals surface area contributed by atoms with E-state index in [1.165, 1.54) is 4.90 Å². The zero-order chi connectivity index (χ0) is 21.0. The number of aromatic nitrogens is 1. The number of rotatable bonds is 8. The van der Waals surface area contributed by atoms with E-state index in [0.29, 0.717) is 31.1 Å². The van der Waals surface area contributed by atoms with E-state index in [-0.39, 0.29) is 18.4 Å². The molecule has 1 aliphatic rings. The van der Waals surface area contributed by atoms with E-state index in [0.717, 1.165) is 22.7 Å². The molecule has 1 aliphatic heterocycles. The summed E-state index contributed by atoms with van der Waals surface area (Å²) in [5.41, 5.74) is 2.33. The fourth-order valence-electron chi connectivity index (χ4n) is 3.29. The van der Waals surface area contributed by atoms with Gasteiger partial charge in [-0.2, -0.15) is 0 Å². The van der Waals surface area contributed by atoms with Gasteiger partial charge >= 0.3 is 0 Å². The lowest BCUT2D eigenvalue weighted by Crippen LogP contribution is -2.49. The third-order valence-electron chi connectivity index (χ3n) is 4.94. The Morgan fingerprint density at radius 3 is 2.79 bits per heavy atom. The number of hydrogen-bond donors (Lipinski definition) is 0. The van der Waals surface area contributed by atoms with Gasteiger partial charge in [0.2, 0.25) is 5.91 Å². The summed E-state index contributed by atoms with van der Waals surface area (Å²) < 4.78 is 10.9. The number of benzene rings is 1. The standard InChI is InChI=1S/C21H27N3O4S/c1-5-23(6-2)20(25)12-24-17-11-15(7-8-18(17)28-14(3)21(24)26)16-13-29-19(22-16)9-10-27-4/h7-8,11,13-14H,5-6,9-10,12H2,1-4H3. The van der Waals surface area contributed by atoms with Crippen molar-refractivity contribution >= 4 is 28.8 Å². The first-order valence-corrected chi connectivity index (χ1v) is 10.7. The van der Waals surface area contributed by atoms with Crippen molar-refractivity contribution in [1.82, 2.24) is 9.88 Å². The number of nitrogens with zero attached hydrogens (tertiary/aromatic N) is 3. The van der Waals surface area contributed by atoms with Crippen LogP contribution >= 0.6 is 11.3 Å². The monoisotopic (exact) mass is 417 g/mol. The van der Waals surface area contributed by atoms with Gasteiger partial charge in [0.15, 0.2) is 6.10 Å². The Balaban J connectivity index is 1.91. The van der Waals surface area contributed by atoms with Gasteiger partial charge in [-0.3, -0.25) is 14.5 Å². The smallest absolute Gasteiger partial charge is 0.268 e. The van der Waals surface area contributed by atoms with Crippen molar-refractivity contribution in [2.75, 3.05) is 38.3 Å². The van der Waals surface area contributed by atoms with Gasteiger partial charge in [0, 0.05) is 37.6 Å². The number of carbonyl (C=O) groups is 2. The number of likely N-dealkylation sites (N-methyl/N-ethyl adjacent to an activating group) is 1. The fraction of sp³-hybridized carbons (Fsp3) is 0.476. The molecule has 0 saturated heterocycles. The zero-order valence-corrected chi connectivity index (χ0v) is 18.1. The zero-order valence-electron chi connectivity index (χ0n) is 17.3. The Bertz CT molecular complexity index is 879. The molecule has 0 aliphatic carbocycles. The Morgan fingerprint density at radius 1 is 1.34 bits per heavy atom. The molecule has 2 heterocycles. The quantitative estimate of drug-likeness (QED) is 0.660. The molecule has 1 unspecified atom stereocenters. The average molecular weight is 418 g/mol. The van der Waals surface area contributed by atoms with Crippen LogP contribution in [0.1, 0.15) is 25.8 Å². The van der Waals surface area contributed by atoms with Crippen LogP contribution in [0.25, 0.3) is 11.3 Å². The van der Waals surface area contributed by atoms with Crippen LogP contribution in [0.15, 0.2) is 23.6 Å². The van der Waals surface area contributed by atoms with Crippen molar-refractivity contribution in [3.8, 4) is 17.0 Å². The summed E-state index contributed by atoms with van der Waals surface area (Å²) >= 11 is 1.58. The minimum absolute atomic E-state index is 0.000814. The molecule has 3 rings (SSSR count). The largest absolute Gasteiger partial charge is 0.479 e. The van der Waals surface area contributed by atoms with E-state index >= 15 is 0 Å². The molecule has 0 fully saturated rings. The van der Waals surface area contributed by atoms with Crippen molar-refractivity contribution in [2.24, 2.45) is 0 Å². The third kappa shape index (κ3) is 4.59. The topological polar surface area (TPSA) is 72.0 Å². The summed E-state index contributed by atoms with van der Waals surface area (Å²) in [5, 5.41) is 2.99. The van der Waals surface area contributed by atoms with Crippen molar-refractivity contribution in [2.45, 2.75) is 33.3 Å². The van der Waals surface area contributed by atoms with E-state index in [2.05, 4.69) is 4.98 Å². The molecule has 7 nitrogen and oxygen atoms in total. The molecule has 0 saturated carbocycles. The molecule has 1 atom stereocenters. The van der Waals surface area contributed by atoms with Gasteiger partial charge in [0.1, 0.15) is 12.3 Å². The van der Waals surface area contributed by atoms with Gasteiger partial charge in [-0.05, 0) is 39.0 Å². The number of methoxy groups -OCH3 is 1. The molecule has 1 aromatic heterocycles. The van der Waals surface area contributed by atoms with E-state index in [9.17, 15) is 9.59 Å². The lowest BCUT2D eigenvalue weighted by atomic mass is 10.1. The summed E-state index contributed by atoms with van der Waals surface area (Å²) in [7, 11) is 1.67. The van der Waals surface area contributed by atoms with Gasteiger partial charge in [0.25, 0.3) is 5.91 Å². The van der Waals surface area contributed by atoms with Crippen LogP contribution in [0.4, 0.5) is 5.69 Å². The third-order valence-corrected chi connectivity index (χ3v) is 5.85. The van der Waals surface area contributed by atoms with E-state index in [4.69, 9.17) is 9.47 Å². The molecule has 8 heteroatoms. The van der Waals surface area contributed by atoms with Crippen molar-refractivity contribution in [1.29, 1.82) is 0 Å². The van der Waals surface area contributed by atoms with Crippen LogP contribution in [-0.4, -0.2) is 61.2 Å². The number of amides is 2. The molecule has 0 spiro atoms. The van der Waals surface area contributed by atoms with Gasteiger partial charge < -0.3 is 14.4 Å². The predicted octanol–water partition coefficient (Wildman–Crippen LogP) is 2.98. The lowest BCUT2D eigenvalue weighted by molar-refractivity contribution is -0.132. The molecule has 29 heavy (non-hydrogen) atoms. The summed E-state index contributed by atoms with van der Waals surface area (Å²) in [6.45, 7) is 7.41. The maximum Gasteiger partial charge on any atom is 0.268 e. The first-order chi connectivity index (χ1) is 14.0. The maximum absolute atomic E-state index is 12.8. The highest BCUT2D eigenvalue weighted by Gasteiger charge is 2.33. The van der Waals surface area contributed by atoms with E-state index in [1.54, 1.807) is 30.3 Å². The molecule has 156 valence electrons. The van der Waals surface area contributed by atoms with Gasteiger partial charge in [0.05, 0.1) is 23.0 Å². The summed E-state index contributed by atoms with van der Waals surface area (Å²) in [6, 6.07) is 5.65. The number of hydrogen-bond acceptors (Lipinski definition) is 6. The first kappa shape index (κ1) is 21.3. The average Bonchev–Trinajstić information content (AvgIpc) is 3.19. The number of fused-ring (bicyclic) bond motifs is 1. The second-order valence-corrected chi connectivity index (χ2v) is 7.74. The SMILES string of the molecule is CCN(CC)C(=O)CN1C(=O)C(C)Oc2ccc(-c3csc(CCOC)n3)cc21. The second kappa shape index (κ2) is 9.37. The van der Waals surface area contributed by atoms with Crippen LogP contribution in [0, 0.1) is 0 Å². The minimum Gasteiger partial charge on any atom is -0.479 e. The Labute approximate surface area is 175 Å². The predicted molar refractivity (Wildman–Crippen MR) is 114 cm³/mol. The van der Waals surface area contributed by atoms with Gasteiger partial charge in [-0.15, -0.1) is 11.3 Å². The molecule has 0 N–H and O–H groups in total. The molecule has 2 amide bonds. The summed E-state index contributed by atoms with van der Waals surface area (Å²) in [5.74, 6) is 0.307. The highest BCUT2D eigenvalue weighted by molar-refractivity contribution is 7.09.